The molecule has 0 saturated heterocycles. The van der Waals surface area contributed by atoms with Gasteiger partial charge in [0, 0.05) is 5.92 Å². The summed E-state index contributed by atoms with van der Waals surface area (Å²) in [5.74, 6) is 0.632. The number of hydrogen-bond donors (Lipinski definition) is 0. The topological polar surface area (TPSA) is 46.6 Å². The molecule has 0 N–H and O–H groups in total. The summed E-state index contributed by atoms with van der Waals surface area (Å²) in [7, 11) is -2.26. The molecular formula is C29H25NO3S. The predicted molar refractivity (Wildman–Crippen MR) is 137 cm³/mol. The summed E-state index contributed by atoms with van der Waals surface area (Å²) in [6.45, 7) is 1.94. The van der Waals surface area contributed by atoms with E-state index in [9.17, 15) is 8.42 Å². The Balaban J connectivity index is 1.76. The summed E-state index contributed by atoms with van der Waals surface area (Å²) < 4.78 is 35.0. The van der Waals surface area contributed by atoms with Crippen molar-refractivity contribution in [2.24, 2.45) is 0 Å². The average molecular weight is 468 g/mol. The summed E-state index contributed by atoms with van der Waals surface area (Å²) >= 11 is 0. The summed E-state index contributed by atoms with van der Waals surface area (Å²) in [4.78, 5) is 0.255. The molecule has 34 heavy (non-hydrogen) atoms. The van der Waals surface area contributed by atoms with E-state index >= 15 is 0 Å². The summed E-state index contributed by atoms with van der Waals surface area (Å²) in [5, 5.41) is 0. The van der Waals surface area contributed by atoms with Gasteiger partial charge in [-0.2, -0.15) is 0 Å². The number of hydrogen-bond acceptors (Lipinski definition) is 3. The molecular weight excluding hydrogens is 442 g/mol. The van der Waals surface area contributed by atoms with Crippen LogP contribution in [0.2, 0.25) is 0 Å². The maximum atomic E-state index is 14.1. The van der Waals surface area contributed by atoms with Crippen molar-refractivity contribution in [2.45, 2.75) is 17.7 Å². The normalized spacial score (nSPS) is 15.4. The van der Waals surface area contributed by atoms with Gasteiger partial charge in [0.05, 0.1) is 23.4 Å². The Morgan fingerprint density at radius 1 is 0.765 bits per heavy atom. The quantitative estimate of drug-likeness (QED) is 0.342. The molecule has 5 rings (SSSR count). The molecule has 5 heteroatoms. The fourth-order valence-electron chi connectivity index (χ4n) is 4.37. The molecule has 1 aliphatic heterocycles. The van der Waals surface area contributed by atoms with Crippen molar-refractivity contribution in [3.8, 4) is 5.75 Å². The molecule has 0 fully saturated rings. The first-order valence-electron chi connectivity index (χ1n) is 11.1. The van der Waals surface area contributed by atoms with Gasteiger partial charge in [0.15, 0.2) is 0 Å². The van der Waals surface area contributed by atoms with E-state index in [0.717, 1.165) is 22.3 Å². The molecule has 0 aliphatic carbocycles. The number of sulfonamides is 1. The minimum absolute atomic E-state index is 0.0843. The first kappa shape index (κ1) is 22.0. The monoisotopic (exact) mass is 467 g/mol. The minimum atomic E-state index is -3.88. The highest BCUT2D eigenvalue weighted by molar-refractivity contribution is 7.93. The van der Waals surface area contributed by atoms with Crippen molar-refractivity contribution < 1.29 is 13.2 Å². The lowest BCUT2D eigenvalue weighted by Gasteiger charge is -2.35. The number of aryl methyl sites for hydroxylation is 1. The Kier molecular flexibility index (Phi) is 5.72. The molecule has 0 aromatic heterocycles. The van der Waals surface area contributed by atoms with Crippen LogP contribution in [0.15, 0.2) is 114 Å². The van der Waals surface area contributed by atoms with E-state index in [-0.39, 0.29) is 10.8 Å². The van der Waals surface area contributed by atoms with Crippen LogP contribution in [-0.4, -0.2) is 15.5 Å². The molecule has 0 radical (unpaired) electrons. The second-order valence-corrected chi connectivity index (χ2v) is 10.1. The lowest BCUT2D eigenvalue weighted by molar-refractivity contribution is 0.415. The zero-order chi connectivity index (χ0) is 23.7. The third-order valence-electron chi connectivity index (χ3n) is 6.14. The SMILES string of the molecule is COc1ccc(C2=CC(c3ccccc3)c3ccccc3N2S(=O)(=O)c2ccc(C)cc2)cc1. The number of anilines is 1. The van der Waals surface area contributed by atoms with Crippen molar-refractivity contribution in [1.82, 2.24) is 0 Å². The van der Waals surface area contributed by atoms with Gasteiger partial charge in [-0.05, 0) is 72.2 Å². The molecule has 1 aliphatic rings. The first-order valence-corrected chi connectivity index (χ1v) is 12.5. The van der Waals surface area contributed by atoms with Crippen LogP contribution in [0, 0.1) is 6.92 Å². The standard InChI is InChI=1S/C29H25NO3S/c1-21-12-18-25(19-13-21)34(31,32)30-28-11-7-6-10-26(28)27(22-8-4-3-5-9-22)20-29(30)23-14-16-24(33-2)17-15-23/h3-20,27H,1-2H3. The summed E-state index contributed by atoms with van der Waals surface area (Å²) in [5.41, 5.74) is 5.14. The van der Waals surface area contributed by atoms with E-state index < -0.39 is 10.0 Å². The van der Waals surface area contributed by atoms with Crippen molar-refractivity contribution in [3.63, 3.8) is 0 Å². The number of rotatable bonds is 5. The van der Waals surface area contributed by atoms with Crippen LogP contribution in [0.1, 0.15) is 28.2 Å². The summed E-state index contributed by atoms with van der Waals surface area (Å²) in [6.07, 6.45) is 2.05. The number of ether oxygens (including phenoxy) is 1. The van der Waals surface area contributed by atoms with E-state index in [1.54, 1.807) is 19.2 Å². The Hall–Kier alpha value is -3.83. The lowest BCUT2D eigenvalue weighted by atomic mass is 9.86. The van der Waals surface area contributed by atoms with E-state index in [0.29, 0.717) is 17.1 Å². The molecule has 0 spiro atoms. The van der Waals surface area contributed by atoms with Crippen molar-refractivity contribution >= 4 is 21.4 Å². The zero-order valence-corrected chi connectivity index (χ0v) is 19.9. The highest BCUT2D eigenvalue weighted by atomic mass is 32.2. The van der Waals surface area contributed by atoms with Crippen LogP contribution >= 0.6 is 0 Å². The number of benzene rings is 4. The van der Waals surface area contributed by atoms with Gasteiger partial charge in [-0.15, -0.1) is 0 Å². The third-order valence-corrected chi connectivity index (χ3v) is 7.88. The number of fused-ring (bicyclic) bond motifs is 1. The fraction of sp³-hybridized carbons (Fsp3) is 0.103. The molecule has 0 amide bonds. The Bertz CT molecular complexity index is 1440. The number of methoxy groups -OCH3 is 1. The fourth-order valence-corrected chi connectivity index (χ4v) is 5.91. The maximum Gasteiger partial charge on any atom is 0.268 e. The Labute approximate surface area is 200 Å². The molecule has 1 heterocycles. The molecule has 0 bridgehead atoms. The molecule has 4 aromatic carbocycles. The second kappa shape index (κ2) is 8.84. The predicted octanol–water partition coefficient (Wildman–Crippen LogP) is 6.39. The first-order chi connectivity index (χ1) is 16.5. The van der Waals surface area contributed by atoms with Crippen molar-refractivity contribution in [1.29, 1.82) is 0 Å². The van der Waals surface area contributed by atoms with E-state index in [1.165, 1.54) is 4.31 Å². The van der Waals surface area contributed by atoms with Gasteiger partial charge in [0.25, 0.3) is 10.0 Å². The Morgan fingerprint density at radius 3 is 2.09 bits per heavy atom. The Morgan fingerprint density at radius 2 is 1.41 bits per heavy atom. The third kappa shape index (κ3) is 3.88. The van der Waals surface area contributed by atoms with E-state index in [2.05, 4.69) is 12.1 Å². The van der Waals surface area contributed by atoms with Crippen molar-refractivity contribution in [3.05, 3.63) is 131 Å². The van der Waals surface area contributed by atoms with E-state index in [4.69, 9.17) is 4.74 Å². The van der Waals surface area contributed by atoms with E-state index in [1.807, 2.05) is 91.9 Å². The zero-order valence-electron chi connectivity index (χ0n) is 19.0. The molecule has 1 atom stereocenters. The molecule has 170 valence electrons. The molecule has 4 nitrogen and oxygen atoms in total. The molecule has 0 saturated carbocycles. The highest BCUT2D eigenvalue weighted by Gasteiger charge is 2.36. The minimum Gasteiger partial charge on any atom is -0.497 e. The average Bonchev–Trinajstić information content (AvgIpc) is 2.88. The van der Waals surface area contributed by atoms with Crippen LogP contribution in [0.5, 0.6) is 5.75 Å². The van der Waals surface area contributed by atoms with Crippen LogP contribution in [0.3, 0.4) is 0 Å². The number of nitrogens with zero attached hydrogens (tertiary/aromatic N) is 1. The van der Waals surface area contributed by atoms with Gasteiger partial charge in [-0.3, -0.25) is 0 Å². The molecule has 1 unspecified atom stereocenters. The number of allylic oxidation sites excluding steroid dienone is 1. The number of para-hydroxylation sites is 1. The van der Waals surface area contributed by atoms with Crippen LogP contribution in [-0.2, 0) is 10.0 Å². The van der Waals surface area contributed by atoms with Crippen molar-refractivity contribution in [2.75, 3.05) is 11.4 Å². The highest BCUT2D eigenvalue weighted by Crippen LogP contribution is 2.45. The second-order valence-electron chi connectivity index (χ2n) is 8.31. The molecule has 4 aromatic rings. The smallest absolute Gasteiger partial charge is 0.268 e. The van der Waals surface area contributed by atoms with Gasteiger partial charge in [-0.25, -0.2) is 12.7 Å². The van der Waals surface area contributed by atoms with Crippen LogP contribution in [0.25, 0.3) is 5.70 Å². The largest absolute Gasteiger partial charge is 0.497 e. The maximum absolute atomic E-state index is 14.1. The van der Waals surface area contributed by atoms with Crippen LogP contribution < -0.4 is 9.04 Å². The van der Waals surface area contributed by atoms with Gasteiger partial charge in [-0.1, -0.05) is 66.2 Å². The lowest BCUT2D eigenvalue weighted by Crippen LogP contribution is -2.33. The van der Waals surface area contributed by atoms with Crippen LogP contribution in [0.4, 0.5) is 5.69 Å². The summed E-state index contributed by atoms with van der Waals surface area (Å²) in [6, 6.07) is 32.4. The van der Waals surface area contributed by atoms with Gasteiger partial charge < -0.3 is 4.74 Å². The van der Waals surface area contributed by atoms with Gasteiger partial charge >= 0.3 is 0 Å². The van der Waals surface area contributed by atoms with Gasteiger partial charge in [0.2, 0.25) is 0 Å². The van der Waals surface area contributed by atoms with Gasteiger partial charge in [0.1, 0.15) is 5.75 Å².